The van der Waals surface area contributed by atoms with Crippen LogP contribution >= 0.6 is 0 Å². The highest BCUT2D eigenvalue weighted by atomic mass is 19.1. The topological polar surface area (TPSA) is 64.6 Å². The van der Waals surface area contributed by atoms with Crippen LogP contribution in [0.25, 0.3) is 0 Å². The molecule has 1 rings (SSSR count). The zero-order chi connectivity index (χ0) is 14.6. The van der Waals surface area contributed by atoms with E-state index in [0.29, 0.717) is 6.29 Å². The van der Waals surface area contributed by atoms with E-state index in [4.69, 9.17) is 9.47 Å². The number of nitrogens with one attached hydrogen (secondary N) is 1. The maximum Gasteiger partial charge on any atom is 0.412 e. The number of aldehydes is 1. The molecule has 0 atom stereocenters. The Morgan fingerprint density at radius 3 is 2.47 bits per heavy atom. The molecule has 1 N–H and O–H groups in total. The van der Waals surface area contributed by atoms with Gasteiger partial charge in [-0.3, -0.25) is 10.1 Å². The number of hydrogen-bond acceptors (Lipinski definition) is 4. The van der Waals surface area contributed by atoms with Gasteiger partial charge in [0.05, 0.1) is 18.4 Å². The van der Waals surface area contributed by atoms with Gasteiger partial charge in [0.2, 0.25) is 0 Å². The van der Waals surface area contributed by atoms with Crippen molar-refractivity contribution >= 4 is 18.1 Å². The number of rotatable bonds is 3. The number of carbonyl (C=O) groups excluding carboxylic acids is 2. The number of ether oxygens (including phenoxy) is 2. The summed E-state index contributed by atoms with van der Waals surface area (Å²) in [5, 5.41) is 2.24. The largest absolute Gasteiger partial charge is 0.496 e. The van der Waals surface area contributed by atoms with Gasteiger partial charge in [-0.2, -0.15) is 0 Å². The van der Waals surface area contributed by atoms with Crippen molar-refractivity contribution in [2.75, 3.05) is 12.4 Å². The van der Waals surface area contributed by atoms with E-state index >= 15 is 0 Å². The Balaban J connectivity index is 2.97. The van der Waals surface area contributed by atoms with Crippen LogP contribution in [0.15, 0.2) is 12.1 Å². The van der Waals surface area contributed by atoms with E-state index in [1.807, 2.05) is 0 Å². The predicted octanol–water partition coefficient (Wildman–Crippen LogP) is 2.99. The van der Waals surface area contributed by atoms with Gasteiger partial charge in [0.1, 0.15) is 11.4 Å². The molecule has 0 bridgehead atoms. The first-order chi connectivity index (χ1) is 8.78. The van der Waals surface area contributed by atoms with Crippen LogP contribution in [0.5, 0.6) is 5.75 Å². The third kappa shape index (κ3) is 3.94. The third-order valence-corrected chi connectivity index (χ3v) is 2.11. The van der Waals surface area contributed by atoms with Gasteiger partial charge in [0, 0.05) is 0 Å². The Morgan fingerprint density at radius 1 is 1.37 bits per heavy atom. The summed E-state index contributed by atoms with van der Waals surface area (Å²) in [6.07, 6.45) is -0.470. The Morgan fingerprint density at radius 2 is 2.00 bits per heavy atom. The lowest BCUT2D eigenvalue weighted by atomic mass is 10.1. The number of halogens is 1. The van der Waals surface area contributed by atoms with Crippen LogP contribution < -0.4 is 10.1 Å². The Labute approximate surface area is 110 Å². The number of hydrogen-bond donors (Lipinski definition) is 1. The van der Waals surface area contributed by atoms with Crippen LogP contribution in [0.1, 0.15) is 31.1 Å². The minimum atomic E-state index is -0.861. The number of methoxy groups -OCH3 is 1. The van der Waals surface area contributed by atoms with Crippen molar-refractivity contribution in [1.29, 1.82) is 0 Å². The summed E-state index contributed by atoms with van der Waals surface area (Å²) < 4.78 is 23.8. The molecular weight excluding hydrogens is 253 g/mol. The number of anilines is 1. The molecule has 0 fully saturated rings. The normalized spacial score (nSPS) is 10.8. The van der Waals surface area contributed by atoms with E-state index < -0.39 is 17.5 Å². The molecule has 0 unspecified atom stereocenters. The molecule has 0 saturated carbocycles. The van der Waals surface area contributed by atoms with Gasteiger partial charge < -0.3 is 9.47 Å². The van der Waals surface area contributed by atoms with E-state index in [-0.39, 0.29) is 17.0 Å². The zero-order valence-corrected chi connectivity index (χ0v) is 11.2. The summed E-state index contributed by atoms with van der Waals surface area (Å²) in [6, 6.07) is 2.69. The van der Waals surface area contributed by atoms with Crippen LogP contribution in [0.4, 0.5) is 14.9 Å². The molecule has 0 aliphatic rings. The second kappa shape index (κ2) is 5.69. The minimum absolute atomic E-state index is 0.0993. The number of amides is 1. The van der Waals surface area contributed by atoms with Crippen molar-refractivity contribution in [3.63, 3.8) is 0 Å². The Hall–Kier alpha value is -2.11. The molecule has 0 saturated heterocycles. The highest BCUT2D eigenvalue weighted by Crippen LogP contribution is 2.26. The quantitative estimate of drug-likeness (QED) is 0.857. The van der Waals surface area contributed by atoms with E-state index in [1.165, 1.54) is 19.2 Å². The first-order valence-electron chi connectivity index (χ1n) is 5.60. The molecule has 19 heavy (non-hydrogen) atoms. The number of carbonyl (C=O) groups is 2. The molecule has 0 radical (unpaired) electrons. The first-order valence-corrected chi connectivity index (χ1v) is 5.60. The van der Waals surface area contributed by atoms with Crippen molar-refractivity contribution < 1.29 is 23.5 Å². The maximum atomic E-state index is 13.9. The average Bonchev–Trinajstić information content (AvgIpc) is 2.29. The van der Waals surface area contributed by atoms with E-state index in [9.17, 15) is 14.0 Å². The van der Waals surface area contributed by atoms with Crippen LogP contribution in [0.2, 0.25) is 0 Å². The molecule has 0 spiro atoms. The monoisotopic (exact) mass is 269 g/mol. The highest BCUT2D eigenvalue weighted by Gasteiger charge is 2.19. The smallest absolute Gasteiger partial charge is 0.412 e. The maximum absolute atomic E-state index is 13.9. The van der Waals surface area contributed by atoms with Crippen molar-refractivity contribution in [2.24, 2.45) is 0 Å². The Kier molecular flexibility index (Phi) is 4.47. The molecule has 0 aliphatic heterocycles. The standard InChI is InChI=1S/C13H16FNO4/c1-13(2,3)19-12(17)15-9-5-6-10(18-4)8(7-16)11(9)14/h5-7H,1-4H3,(H,15,17). The van der Waals surface area contributed by atoms with Gasteiger partial charge in [0.25, 0.3) is 0 Å². The molecular formula is C13H16FNO4. The van der Waals surface area contributed by atoms with Crippen LogP contribution in [0.3, 0.4) is 0 Å². The molecule has 6 heteroatoms. The van der Waals surface area contributed by atoms with Crippen LogP contribution in [-0.2, 0) is 4.74 Å². The van der Waals surface area contributed by atoms with Gasteiger partial charge in [0.15, 0.2) is 12.1 Å². The average molecular weight is 269 g/mol. The van der Waals surface area contributed by atoms with Gasteiger partial charge in [-0.05, 0) is 32.9 Å². The summed E-state index contributed by atoms with van der Waals surface area (Å²) in [6.45, 7) is 5.06. The summed E-state index contributed by atoms with van der Waals surface area (Å²) in [7, 11) is 1.32. The first kappa shape index (κ1) is 14.9. The molecule has 104 valence electrons. The third-order valence-electron chi connectivity index (χ3n) is 2.11. The van der Waals surface area contributed by atoms with Gasteiger partial charge >= 0.3 is 6.09 Å². The molecule has 0 aromatic heterocycles. The fourth-order valence-corrected chi connectivity index (χ4v) is 1.37. The summed E-state index contributed by atoms with van der Waals surface area (Å²) >= 11 is 0. The van der Waals surface area contributed by atoms with Crippen molar-refractivity contribution in [3.05, 3.63) is 23.5 Å². The summed E-state index contributed by atoms with van der Waals surface area (Å²) in [5.74, 6) is -0.762. The minimum Gasteiger partial charge on any atom is -0.496 e. The van der Waals surface area contributed by atoms with Gasteiger partial charge in [-0.25, -0.2) is 9.18 Å². The lowest BCUT2D eigenvalue weighted by Crippen LogP contribution is -2.27. The highest BCUT2D eigenvalue weighted by molar-refractivity contribution is 5.89. The van der Waals surface area contributed by atoms with Crippen LogP contribution in [-0.4, -0.2) is 25.1 Å². The molecule has 1 aromatic carbocycles. The van der Waals surface area contributed by atoms with E-state index in [0.717, 1.165) is 0 Å². The molecule has 0 heterocycles. The SMILES string of the molecule is COc1ccc(NC(=O)OC(C)(C)C)c(F)c1C=O. The molecule has 5 nitrogen and oxygen atoms in total. The van der Waals surface area contributed by atoms with Crippen molar-refractivity contribution in [2.45, 2.75) is 26.4 Å². The van der Waals surface area contributed by atoms with E-state index in [1.54, 1.807) is 20.8 Å². The second-order valence-corrected chi connectivity index (χ2v) is 4.79. The predicted molar refractivity (Wildman–Crippen MR) is 68.2 cm³/mol. The van der Waals surface area contributed by atoms with Crippen molar-refractivity contribution in [1.82, 2.24) is 0 Å². The molecule has 1 aromatic rings. The van der Waals surface area contributed by atoms with Crippen molar-refractivity contribution in [3.8, 4) is 5.75 Å². The fourth-order valence-electron chi connectivity index (χ4n) is 1.37. The zero-order valence-electron chi connectivity index (χ0n) is 11.2. The molecule has 1 amide bonds. The van der Waals surface area contributed by atoms with Crippen LogP contribution in [0, 0.1) is 5.82 Å². The second-order valence-electron chi connectivity index (χ2n) is 4.79. The lowest BCUT2D eigenvalue weighted by molar-refractivity contribution is 0.0635. The summed E-state index contributed by atoms with van der Waals surface area (Å²) in [5.41, 5.74) is -1.09. The summed E-state index contributed by atoms with van der Waals surface area (Å²) in [4.78, 5) is 22.3. The van der Waals surface area contributed by atoms with Gasteiger partial charge in [-0.15, -0.1) is 0 Å². The number of benzene rings is 1. The molecule has 0 aliphatic carbocycles. The lowest BCUT2D eigenvalue weighted by Gasteiger charge is -2.20. The fraction of sp³-hybridized carbons (Fsp3) is 0.385. The van der Waals surface area contributed by atoms with Gasteiger partial charge in [-0.1, -0.05) is 0 Å². The van der Waals surface area contributed by atoms with E-state index in [2.05, 4.69) is 5.32 Å². The Bertz CT molecular complexity index is 494.